The van der Waals surface area contributed by atoms with Gasteiger partial charge in [0.05, 0.1) is 13.2 Å². The third-order valence-corrected chi connectivity index (χ3v) is 2.56. The van der Waals surface area contributed by atoms with Crippen LogP contribution in [0.25, 0.3) is 0 Å². The molecule has 0 aliphatic carbocycles. The molecule has 17 heavy (non-hydrogen) atoms. The van der Waals surface area contributed by atoms with Gasteiger partial charge >= 0.3 is 0 Å². The summed E-state index contributed by atoms with van der Waals surface area (Å²) in [6.07, 6.45) is 1.65. The van der Waals surface area contributed by atoms with Gasteiger partial charge in [-0.3, -0.25) is 0 Å². The Balaban J connectivity index is 2.48. The summed E-state index contributed by atoms with van der Waals surface area (Å²) in [6.45, 7) is 5.21. The average molecular weight is 232 g/mol. The van der Waals surface area contributed by atoms with Crippen molar-refractivity contribution in [1.29, 1.82) is 0 Å². The molecule has 2 heteroatoms. The molecule has 1 aromatic carbocycles. The van der Waals surface area contributed by atoms with Gasteiger partial charge in [0, 0.05) is 12.0 Å². The minimum atomic E-state index is 0.114. The highest BCUT2D eigenvalue weighted by Gasteiger charge is 1.99. The summed E-state index contributed by atoms with van der Waals surface area (Å²) < 4.78 is 5.65. The first-order chi connectivity index (χ1) is 8.26. The zero-order valence-electron chi connectivity index (χ0n) is 10.6. The molecular formula is C15H20O2. The lowest BCUT2D eigenvalue weighted by Crippen LogP contribution is -2.06. The van der Waals surface area contributed by atoms with Gasteiger partial charge in [0.2, 0.25) is 0 Å². The van der Waals surface area contributed by atoms with Gasteiger partial charge in [-0.15, -0.1) is 0 Å². The molecule has 0 amide bonds. The van der Waals surface area contributed by atoms with E-state index in [1.165, 1.54) is 0 Å². The second kappa shape index (κ2) is 7.76. The van der Waals surface area contributed by atoms with Crippen molar-refractivity contribution in [3.8, 4) is 17.6 Å². The Kier molecular flexibility index (Phi) is 6.21. The van der Waals surface area contributed by atoms with Crippen LogP contribution >= 0.6 is 0 Å². The first kappa shape index (κ1) is 13.6. The second-order valence-corrected chi connectivity index (χ2v) is 4.12. The molecule has 1 rings (SSSR count). The van der Waals surface area contributed by atoms with E-state index in [-0.39, 0.29) is 6.61 Å². The number of aliphatic hydroxyl groups excluding tert-OH is 1. The third-order valence-electron chi connectivity index (χ3n) is 2.56. The molecule has 0 radical (unpaired) electrons. The van der Waals surface area contributed by atoms with Crippen LogP contribution < -0.4 is 4.74 Å². The van der Waals surface area contributed by atoms with Gasteiger partial charge < -0.3 is 9.84 Å². The Morgan fingerprint density at radius 2 is 2.00 bits per heavy atom. The van der Waals surface area contributed by atoms with E-state index < -0.39 is 0 Å². The van der Waals surface area contributed by atoms with Crippen LogP contribution in [0.2, 0.25) is 0 Å². The van der Waals surface area contributed by atoms with Crippen LogP contribution in [0, 0.1) is 17.8 Å². The number of benzene rings is 1. The van der Waals surface area contributed by atoms with Gasteiger partial charge in [0.15, 0.2) is 0 Å². The molecule has 0 fully saturated rings. The van der Waals surface area contributed by atoms with Gasteiger partial charge in [0.1, 0.15) is 5.75 Å². The minimum Gasteiger partial charge on any atom is -0.493 e. The number of rotatable bonds is 5. The largest absolute Gasteiger partial charge is 0.493 e. The van der Waals surface area contributed by atoms with Gasteiger partial charge in [0.25, 0.3) is 0 Å². The summed E-state index contributed by atoms with van der Waals surface area (Å²) in [5.41, 5.74) is 0.953. The summed E-state index contributed by atoms with van der Waals surface area (Å²) in [7, 11) is 0. The standard InChI is InChI=1S/C15H20O2/c1-3-13(2)12-17-15-9-7-14(8-10-15)6-4-5-11-16/h7-10,13,16H,3,5,11-12H2,1-2H3. The monoisotopic (exact) mass is 232 g/mol. The van der Waals surface area contributed by atoms with Crippen molar-refractivity contribution < 1.29 is 9.84 Å². The van der Waals surface area contributed by atoms with E-state index in [0.29, 0.717) is 12.3 Å². The zero-order chi connectivity index (χ0) is 12.5. The van der Waals surface area contributed by atoms with E-state index in [0.717, 1.165) is 24.3 Å². The van der Waals surface area contributed by atoms with Gasteiger partial charge in [-0.05, 0) is 30.2 Å². The first-order valence-electron chi connectivity index (χ1n) is 6.08. The quantitative estimate of drug-likeness (QED) is 0.791. The molecule has 1 unspecified atom stereocenters. The lowest BCUT2D eigenvalue weighted by atomic mass is 10.1. The maximum Gasteiger partial charge on any atom is 0.119 e. The van der Waals surface area contributed by atoms with Crippen molar-refractivity contribution in [2.75, 3.05) is 13.2 Å². The Morgan fingerprint density at radius 3 is 2.59 bits per heavy atom. The normalized spacial score (nSPS) is 11.5. The number of hydrogen-bond donors (Lipinski definition) is 1. The zero-order valence-corrected chi connectivity index (χ0v) is 10.6. The molecule has 0 saturated heterocycles. The highest BCUT2D eigenvalue weighted by Crippen LogP contribution is 2.13. The Morgan fingerprint density at radius 1 is 1.29 bits per heavy atom. The minimum absolute atomic E-state index is 0.114. The lowest BCUT2D eigenvalue weighted by Gasteiger charge is -2.10. The Hall–Kier alpha value is -1.46. The topological polar surface area (TPSA) is 29.5 Å². The average Bonchev–Trinajstić information content (AvgIpc) is 2.37. The smallest absolute Gasteiger partial charge is 0.119 e. The third kappa shape index (κ3) is 5.42. The summed E-state index contributed by atoms with van der Waals surface area (Å²) in [6, 6.07) is 7.75. The van der Waals surface area contributed by atoms with Crippen molar-refractivity contribution in [2.24, 2.45) is 5.92 Å². The van der Waals surface area contributed by atoms with Crippen LogP contribution in [0.1, 0.15) is 32.3 Å². The van der Waals surface area contributed by atoms with Gasteiger partial charge in [-0.2, -0.15) is 0 Å². The fourth-order valence-corrected chi connectivity index (χ4v) is 1.21. The molecule has 0 bridgehead atoms. The molecule has 1 N–H and O–H groups in total. The highest BCUT2D eigenvalue weighted by atomic mass is 16.5. The SMILES string of the molecule is CCC(C)COc1ccc(C#CCCO)cc1. The number of hydrogen-bond acceptors (Lipinski definition) is 2. The van der Waals surface area contributed by atoms with E-state index in [1.807, 2.05) is 24.3 Å². The molecule has 92 valence electrons. The van der Waals surface area contributed by atoms with Crippen molar-refractivity contribution >= 4 is 0 Å². The maximum absolute atomic E-state index is 8.61. The van der Waals surface area contributed by atoms with E-state index in [2.05, 4.69) is 25.7 Å². The van der Waals surface area contributed by atoms with E-state index >= 15 is 0 Å². The molecular weight excluding hydrogens is 212 g/mol. The molecule has 1 aromatic rings. The van der Waals surface area contributed by atoms with Gasteiger partial charge in [-0.1, -0.05) is 32.1 Å². The van der Waals surface area contributed by atoms with E-state index in [9.17, 15) is 0 Å². The van der Waals surface area contributed by atoms with Crippen LogP contribution in [0.3, 0.4) is 0 Å². The Labute approximate surface area is 104 Å². The number of aliphatic hydroxyl groups is 1. The van der Waals surface area contributed by atoms with Crippen LogP contribution in [-0.4, -0.2) is 18.3 Å². The molecule has 1 atom stereocenters. The first-order valence-corrected chi connectivity index (χ1v) is 6.08. The predicted octanol–water partition coefficient (Wildman–Crippen LogP) is 2.85. The molecule has 0 spiro atoms. The summed E-state index contributed by atoms with van der Waals surface area (Å²) in [5.74, 6) is 7.34. The summed E-state index contributed by atoms with van der Waals surface area (Å²) in [5, 5.41) is 8.61. The summed E-state index contributed by atoms with van der Waals surface area (Å²) in [4.78, 5) is 0. The van der Waals surface area contributed by atoms with Crippen molar-refractivity contribution in [2.45, 2.75) is 26.7 Å². The van der Waals surface area contributed by atoms with E-state index in [1.54, 1.807) is 0 Å². The van der Waals surface area contributed by atoms with Crippen LogP contribution in [0.5, 0.6) is 5.75 Å². The van der Waals surface area contributed by atoms with Crippen molar-refractivity contribution in [1.82, 2.24) is 0 Å². The molecule has 0 heterocycles. The molecule has 0 aliphatic rings. The molecule has 0 aliphatic heterocycles. The van der Waals surface area contributed by atoms with Crippen molar-refractivity contribution in [3.63, 3.8) is 0 Å². The molecule has 0 aromatic heterocycles. The Bertz CT molecular complexity index is 370. The van der Waals surface area contributed by atoms with Gasteiger partial charge in [-0.25, -0.2) is 0 Å². The molecule has 2 nitrogen and oxygen atoms in total. The summed E-state index contributed by atoms with van der Waals surface area (Å²) >= 11 is 0. The van der Waals surface area contributed by atoms with Crippen LogP contribution in [0.4, 0.5) is 0 Å². The fraction of sp³-hybridized carbons (Fsp3) is 0.467. The molecule has 0 saturated carbocycles. The van der Waals surface area contributed by atoms with Crippen LogP contribution in [0.15, 0.2) is 24.3 Å². The second-order valence-electron chi connectivity index (χ2n) is 4.12. The number of ether oxygens (including phenoxy) is 1. The lowest BCUT2D eigenvalue weighted by molar-refractivity contribution is 0.256. The van der Waals surface area contributed by atoms with E-state index in [4.69, 9.17) is 9.84 Å². The highest BCUT2D eigenvalue weighted by molar-refractivity contribution is 5.38. The van der Waals surface area contributed by atoms with Crippen LogP contribution in [-0.2, 0) is 0 Å². The van der Waals surface area contributed by atoms with Crippen molar-refractivity contribution in [3.05, 3.63) is 29.8 Å². The maximum atomic E-state index is 8.61. The fourth-order valence-electron chi connectivity index (χ4n) is 1.21. The predicted molar refractivity (Wildman–Crippen MR) is 70.0 cm³/mol.